The molecule has 11 heteroatoms. The van der Waals surface area contributed by atoms with Gasteiger partial charge in [-0.05, 0) is 25.7 Å². The SMILES string of the molecule is CCCCCCOC(=O)[C@H](CCC(=O)O)NC(=O)N[C@@H](CCC(=O)O)C(=O)OCCCCCC. The summed E-state index contributed by atoms with van der Waals surface area (Å²) in [6.07, 6.45) is 5.93. The highest BCUT2D eigenvalue weighted by Gasteiger charge is 2.27. The van der Waals surface area contributed by atoms with Gasteiger partial charge >= 0.3 is 29.9 Å². The zero-order valence-corrected chi connectivity index (χ0v) is 20.3. The smallest absolute Gasteiger partial charge is 0.328 e. The number of carbonyl (C=O) groups is 5. The number of aliphatic carboxylic acids is 2. The molecule has 0 aromatic heterocycles. The van der Waals surface area contributed by atoms with Crippen molar-refractivity contribution < 1.29 is 43.7 Å². The van der Waals surface area contributed by atoms with E-state index in [0.29, 0.717) is 12.8 Å². The lowest BCUT2D eigenvalue weighted by molar-refractivity contribution is -0.147. The highest BCUT2D eigenvalue weighted by atomic mass is 16.5. The number of esters is 2. The normalized spacial score (nSPS) is 12.3. The van der Waals surface area contributed by atoms with E-state index < -0.39 is 42.0 Å². The number of carboxylic acid groups (broad SMARTS) is 2. The van der Waals surface area contributed by atoms with E-state index in [-0.39, 0.29) is 38.9 Å². The van der Waals surface area contributed by atoms with Crippen LogP contribution in [-0.2, 0) is 28.7 Å². The third kappa shape index (κ3) is 16.7. The Morgan fingerprint density at radius 3 is 1.35 bits per heavy atom. The summed E-state index contributed by atoms with van der Waals surface area (Å²) in [4.78, 5) is 59.0. The summed E-state index contributed by atoms with van der Waals surface area (Å²) in [6.45, 7) is 4.39. The summed E-state index contributed by atoms with van der Waals surface area (Å²) in [6, 6.07) is -3.38. The van der Waals surface area contributed by atoms with Gasteiger partial charge in [0.15, 0.2) is 0 Å². The van der Waals surface area contributed by atoms with Crippen molar-refractivity contribution in [3.05, 3.63) is 0 Å². The second kappa shape index (κ2) is 19.6. The van der Waals surface area contributed by atoms with Crippen molar-refractivity contribution in [2.24, 2.45) is 0 Å². The van der Waals surface area contributed by atoms with Crippen LogP contribution in [0.5, 0.6) is 0 Å². The van der Waals surface area contributed by atoms with Crippen LogP contribution in [0.3, 0.4) is 0 Å². The third-order valence-electron chi connectivity index (χ3n) is 4.96. The Labute approximate surface area is 200 Å². The van der Waals surface area contributed by atoms with Crippen LogP contribution in [0, 0.1) is 0 Å². The zero-order chi connectivity index (χ0) is 25.8. The number of ether oxygens (including phenoxy) is 2. The number of carbonyl (C=O) groups excluding carboxylic acids is 3. The molecule has 0 unspecified atom stereocenters. The lowest BCUT2D eigenvalue weighted by atomic mass is 10.1. The number of amides is 2. The van der Waals surface area contributed by atoms with E-state index >= 15 is 0 Å². The van der Waals surface area contributed by atoms with Gasteiger partial charge in [-0.15, -0.1) is 0 Å². The molecule has 11 nitrogen and oxygen atoms in total. The minimum Gasteiger partial charge on any atom is -0.481 e. The average Bonchev–Trinajstić information content (AvgIpc) is 2.78. The van der Waals surface area contributed by atoms with Crippen LogP contribution in [0.25, 0.3) is 0 Å². The molecule has 4 N–H and O–H groups in total. The van der Waals surface area contributed by atoms with Crippen LogP contribution in [0.15, 0.2) is 0 Å². The Balaban J connectivity index is 4.94. The minimum absolute atomic E-state index is 0.150. The summed E-state index contributed by atoms with van der Waals surface area (Å²) in [5.74, 6) is -3.83. The lowest BCUT2D eigenvalue weighted by Gasteiger charge is -2.21. The second-order valence-corrected chi connectivity index (χ2v) is 8.04. The lowest BCUT2D eigenvalue weighted by Crippen LogP contribution is -2.52. The van der Waals surface area contributed by atoms with Crippen molar-refractivity contribution in [3.8, 4) is 0 Å². The van der Waals surface area contributed by atoms with Crippen LogP contribution in [0.2, 0.25) is 0 Å². The van der Waals surface area contributed by atoms with E-state index in [1.54, 1.807) is 0 Å². The molecule has 196 valence electrons. The van der Waals surface area contributed by atoms with Crippen molar-refractivity contribution in [2.45, 2.75) is 103 Å². The molecule has 0 spiro atoms. The summed E-state index contributed by atoms with van der Waals surface area (Å²) in [5, 5.41) is 22.5. The van der Waals surface area contributed by atoms with E-state index in [4.69, 9.17) is 19.7 Å². The molecule has 0 heterocycles. The molecule has 2 atom stereocenters. The molecule has 0 aromatic rings. The highest BCUT2D eigenvalue weighted by Crippen LogP contribution is 2.06. The van der Waals surface area contributed by atoms with E-state index in [0.717, 1.165) is 38.5 Å². The van der Waals surface area contributed by atoms with Gasteiger partial charge in [-0.3, -0.25) is 9.59 Å². The van der Waals surface area contributed by atoms with Gasteiger partial charge in [0.2, 0.25) is 0 Å². The molecule has 0 bridgehead atoms. The minimum atomic E-state index is -1.23. The number of nitrogens with one attached hydrogen (secondary N) is 2. The third-order valence-corrected chi connectivity index (χ3v) is 4.96. The molecule has 2 amide bonds. The van der Waals surface area contributed by atoms with Crippen molar-refractivity contribution in [1.29, 1.82) is 0 Å². The van der Waals surface area contributed by atoms with Crippen LogP contribution in [0.1, 0.15) is 90.9 Å². The van der Waals surface area contributed by atoms with Gasteiger partial charge in [-0.1, -0.05) is 52.4 Å². The predicted molar refractivity (Wildman–Crippen MR) is 123 cm³/mol. The van der Waals surface area contributed by atoms with Gasteiger partial charge in [0, 0.05) is 12.8 Å². The molecule has 0 saturated carbocycles. The largest absolute Gasteiger partial charge is 0.481 e. The summed E-state index contributed by atoms with van der Waals surface area (Å²) in [5.41, 5.74) is 0. The first-order valence-electron chi connectivity index (χ1n) is 12.0. The Hall–Kier alpha value is -2.85. The van der Waals surface area contributed by atoms with E-state index in [9.17, 15) is 24.0 Å². The summed E-state index contributed by atoms with van der Waals surface area (Å²) >= 11 is 0. The van der Waals surface area contributed by atoms with Gasteiger partial charge in [0.05, 0.1) is 13.2 Å². The molecule has 34 heavy (non-hydrogen) atoms. The zero-order valence-electron chi connectivity index (χ0n) is 20.3. The maximum atomic E-state index is 12.5. The van der Waals surface area contributed by atoms with Gasteiger partial charge in [-0.25, -0.2) is 14.4 Å². The fraction of sp³-hybridized carbons (Fsp3) is 0.783. The molecule has 0 aromatic carbocycles. The fourth-order valence-corrected chi connectivity index (χ4v) is 3.00. The Bertz CT molecular complexity index is 588. The molecular formula is C23H40N2O9. The van der Waals surface area contributed by atoms with Crippen LogP contribution >= 0.6 is 0 Å². The van der Waals surface area contributed by atoms with Crippen LogP contribution in [-0.4, -0.2) is 65.4 Å². The maximum absolute atomic E-state index is 12.5. The number of hydrogen-bond acceptors (Lipinski definition) is 7. The number of carboxylic acids is 2. The first-order valence-corrected chi connectivity index (χ1v) is 12.0. The number of unbranched alkanes of at least 4 members (excludes halogenated alkanes) is 6. The van der Waals surface area contributed by atoms with E-state index in [2.05, 4.69) is 10.6 Å². The standard InChI is InChI=1S/C23H40N2O9/c1-3-5-7-9-15-33-21(30)17(11-13-19(26)27)24-23(32)25-18(12-14-20(28)29)22(31)34-16-10-8-6-4-2/h17-18H,3-16H2,1-2H3,(H,26,27)(H,28,29)(H2,24,25,32)/t17-,18-/m0/s1. The second-order valence-electron chi connectivity index (χ2n) is 8.04. The molecule has 0 aliphatic heterocycles. The van der Waals surface area contributed by atoms with Crippen molar-refractivity contribution >= 4 is 29.9 Å². The molecule has 0 aliphatic rings. The highest BCUT2D eigenvalue weighted by molar-refractivity contribution is 5.87. The molecule has 0 fully saturated rings. The van der Waals surface area contributed by atoms with Crippen molar-refractivity contribution in [1.82, 2.24) is 10.6 Å². The Morgan fingerprint density at radius 2 is 1.03 bits per heavy atom. The van der Waals surface area contributed by atoms with E-state index in [1.165, 1.54) is 0 Å². The van der Waals surface area contributed by atoms with Crippen LogP contribution in [0.4, 0.5) is 4.79 Å². The van der Waals surface area contributed by atoms with Gasteiger partial charge in [-0.2, -0.15) is 0 Å². The predicted octanol–water partition coefficient (Wildman–Crippen LogP) is 3.00. The maximum Gasteiger partial charge on any atom is 0.328 e. The van der Waals surface area contributed by atoms with Gasteiger partial charge in [0.1, 0.15) is 12.1 Å². The van der Waals surface area contributed by atoms with Gasteiger partial charge in [0.25, 0.3) is 0 Å². The topological polar surface area (TPSA) is 168 Å². The summed E-state index contributed by atoms with van der Waals surface area (Å²) in [7, 11) is 0. The molecule has 0 rings (SSSR count). The average molecular weight is 489 g/mol. The first-order chi connectivity index (χ1) is 16.2. The monoisotopic (exact) mass is 488 g/mol. The molecule has 0 aliphatic carbocycles. The molecule has 0 saturated heterocycles. The number of urea groups is 1. The number of hydrogen-bond donors (Lipinski definition) is 4. The summed E-state index contributed by atoms with van der Waals surface area (Å²) < 4.78 is 10.3. The van der Waals surface area contributed by atoms with Crippen molar-refractivity contribution in [2.75, 3.05) is 13.2 Å². The van der Waals surface area contributed by atoms with E-state index in [1.807, 2.05) is 13.8 Å². The fourth-order valence-electron chi connectivity index (χ4n) is 3.00. The quantitative estimate of drug-likeness (QED) is 0.149. The first kappa shape index (κ1) is 31.1. The van der Waals surface area contributed by atoms with Crippen molar-refractivity contribution in [3.63, 3.8) is 0 Å². The van der Waals surface area contributed by atoms with Gasteiger partial charge < -0.3 is 30.3 Å². The molecular weight excluding hydrogens is 448 g/mol. The Kier molecular flexibility index (Phi) is 18.0. The number of rotatable bonds is 20. The van der Waals surface area contributed by atoms with Crippen LogP contribution < -0.4 is 10.6 Å². The molecule has 0 radical (unpaired) electrons. The Morgan fingerprint density at radius 1 is 0.647 bits per heavy atom.